The molecule has 92 valence electrons. The van der Waals surface area contributed by atoms with Gasteiger partial charge in [0.1, 0.15) is 0 Å². The first kappa shape index (κ1) is 11.8. The molecule has 4 nitrogen and oxygen atoms in total. The van der Waals surface area contributed by atoms with E-state index in [2.05, 4.69) is 12.3 Å². The number of hydrogen-bond acceptors (Lipinski definition) is 3. The van der Waals surface area contributed by atoms with E-state index in [0.717, 1.165) is 24.2 Å². The predicted octanol–water partition coefficient (Wildman–Crippen LogP) is 1.93. The first-order valence-corrected chi connectivity index (χ1v) is 5.99. The Morgan fingerprint density at radius 1 is 1.41 bits per heavy atom. The van der Waals surface area contributed by atoms with Gasteiger partial charge in [0.2, 0.25) is 5.91 Å². The lowest BCUT2D eigenvalue weighted by Gasteiger charge is -2.21. The Balaban J connectivity index is 2.16. The second-order valence-electron chi connectivity index (χ2n) is 4.93. The fourth-order valence-corrected chi connectivity index (χ4v) is 2.27. The number of nitrogens with one attached hydrogen (secondary N) is 1. The highest BCUT2D eigenvalue weighted by molar-refractivity contribution is 5.87. The normalized spacial score (nSPS) is 23.9. The van der Waals surface area contributed by atoms with Crippen molar-refractivity contribution < 1.29 is 4.79 Å². The van der Waals surface area contributed by atoms with Gasteiger partial charge in [0, 0.05) is 5.69 Å². The molecule has 0 aliphatic carbocycles. The van der Waals surface area contributed by atoms with Crippen LogP contribution in [0.1, 0.15) is 26.7 Å². The third-order valence-electron chi connectivity index (χ3n) is 3.30. The van der Waals surface area contributed by atoms with Crippen LogP contribution in [0, 0.1) is 5.41 Å². The van der Waals surface area contributed by atoms with Crippen LogP contribution in [0.2, 0.25) is 0 Å². The second kappa shape index (κ2) is 4.28. The Bertz CT molecular complexity index is 415. The second-order valence-corrected chi connectivity index (χ2v) is 4.93. The zero-order chi connectivity index (χ0) is 12.5. The van der Waals surface area contributed by atoms with Gasteiger partial charge >= 0.3 is 0 Å². The minimum Gasteiger partial charge on any atom is -0.399 e. The Kier molecular flexibility index (Phi) is 2.96. The number of nitrogen functional groups attached to an aromatic ring is 1. The van der Waals surface area contributed by atoms with E-state index >= 15 is 0 Å². The summed E-state index contributed by atoms with van der Waals surface area (Å²) in [7, 11) is 0. The molecule has 17 heavy (non-hydrogen) atoms. The Morgan fingerprint density at radius 3 is 2.65 bits per heavy atom. The highest BCUT2D eigenvalue weighted by Gasteiger charge is 2.41. The number of rotatable bonds is 3. The number of anilines is 2. The number of carbonyl (C=O) groups excluding carboxylic acids is 1. The quantitative estimate of drug-likeness (QED) is 0.784. The molecule has 1 saturated heterocycles. The predicted molar refractivity (Wildman–Crippen MR) is 69.4 cm³/mol. The van der Waals surface area contributed by atoms with Crippen LogP contribution < -0.4 is 16.2 Å². The first-order chi connectivity index (χ1) is 8.05. The van der Waals surface area contributed by atoms with Gasteiger partial charge < -0.3 is 5.73 Å². The Hall–Kier alpha value is -1.71. The van der Waals surface area contributed by atoms with Crippen LogP contribution in [0.5, 0.6) is 0 Å². The molecule has 4 heteroatoms. The van der Waals surface area contributed by atoms with Crippen molar-refractivity contribution in [3.63, 3.8) is 0 Å². The fourth-order valence-electron chi connectivity index (χ4n) is 2.27. The van der Waals surface area contributed by atoms with E-state index in [-0.39, 0.29) is 11.3 Å². The van der Waals surface area contributed by atoms with Gasteiger partial charge in [-0.05, 0) is 37.6 Å². The van der Waals surface area contributed by atoms with Gasteiger partial charge in [-0.25, -0.2) is 0 Å². The van der Waals surface area contributed by atoms with Gasteiger partial charge in [0.25, 0.3) is 0 Å². The van der Waals surface area contributed by atoms with E-state index in [9.17, 15) is 4.79 Å². The van der Waals surface area contributed by atoms with Crippen molar-refractivity contribution in [3.8, 4) is 0 Å². The van der Waals surface area contributed by atoms with Crippen LogP contribution in [-0.4, -0.2) is 12.5 Å². The number of nitrogens with zero attached hydrogens (tertiary/aromatic N) is 1. The molecule has 0 aromatic heterocycles. The minimum absolute atomic E-state index is 0.108. The molecular weight excluding hydrogens is 214 g/mol. The van der Waals surface area contributed by atoms with E-state index in [4.69, 9.17) is 5.73 Å². The molecule has 0 spiro atoms. The van der Waals surface area contributed by atoms with Crippen molar-refractivity contribution in [1.29, 1.82) is 0 Å². The highest BCUT2D eigenvalue weighted by atomic mass is 16.2. The average Bonchev–Trinajstić information content (AvgIpc) is 2.57. The lowest BCUT2D eigenvalue weighted by atomic mass is 9.86. The molecule has 0 bridgehead atoms. The van der Waals surface area contributed by atoms with Gasteiger partial charge in [0.05, 0.1) is 17.6 Å². The van der Waals surface area contributed by atoms with Crippen LogP contribution in [0.3, 0.4) is 0 Å². The van der Waals surface area contributed by atoms with Gasteiger partial charge in [-0.1, -0.05) is 13.3 Å². The molecule has 0 radical (unpaired) electrons. The summed E-state index contributed by atoms with van der Waals surface area (Å²) in [5, 5.41) is 1.90. The van der Waals surface area contributed by atoms with Crippen LogP contribution in [-0.2, 0) is 4.79 Å². The summed E-state index contributed by atoms with van der Waals surface area (Å²) in [5.41, 5.74) is 10.00. The van der Waals surface area contributed by atoms with Crippen LogP contribution in [0.25, 0.3) is 0 Å². The van der Waals surface area contributed by atoms with Crippen molar-refractivity contribution >= 4 is 17.3 Å². The Labute approximate surface area is 102 Å². The lowest BCUT2D eigenvalue weighted by Crippen LogP contribution is -2.33. The fraction of sp³-hybridized carbons (Fsp3) is 0.462. The smallest absolute Gasteiger partial charge is 0.246 e. The van der Waals surface area contributed by atoms with E-state index in [1.807, 2.05) is 36.2 Å². The van der Waals surface area contributed by atoms with Crippen molar-refractivity contribution in [2.24, 2.45) is 5.41 Å². The number of hydrazine groups is 1. The highest BCUT2D eigenvalue weighted by Crippen LogP contribution is 2.31. The van der Waals surface area contributed by atoms with E-state index in [0.29, 0.717) is 6.54 Å². The van der Waals surface area contributed by atoms with Crippen molar-refractivity contribution in [2.75, 3.05) is 17.3 Å². The molecule has 1 amide bonds. The summed E-state index contributed by atoms with van der Waals surface area (Å²) < 4.78 is 0. The topological polar surface area (TPSA) is 58.4 Å². The summed E-state index contributed by atoms with van der Waals surface area (Å²) >= 11 is 0. The summed E-state index contributed by atoms with van der Waals surface area (Å²) in [6.45, 7) is 4.83. The zero-order valence-corrected chi connectivity index (χ0v) is 10.4. The molecule has 0 saturated carbocycles. The summed E-state index contributed by atoms with van der Waals surface area (Å²) in [4.78, 5) is 12.0. The number of benzene rings is 1. The standard InChI is InChI=1S/C13H19N3O/c1-3-8-13(2)9-16(15-12(13)17)11-6-4-10(14)5-7-11/h4-7H,3,8-9,14H2,1-2H3,(H,15,17). The molecule has 1 aromatic rings. The average molecular weight is 233 g/mol. The molecule has 1 aliphatic rings. The van der Waals surface area contributed by atoms with Gasteiger partial charge in [-0.2, -0.15) is 0 Å². The summed E-state index contributed by atoms with van der Waals surface area (Å²) in [6, 6.07) is 7.54. The maximum absolute atomic E-state index is 12.0. The van der Waals surface area contributed by atoms with Crippen LogP contribution >= 0.6 is 0 Å². The minimum atomic E-state index is -0.282. The molecular formula is C13H19N3O. The molecule has 1 unspecified atom stereocenters. The van der Waals surface area contributed by atoms with Crippen molar-refractivity contribution in [1.82, 2.24) is 5.43 Å². The number of nitrogens with two attached hydrogens (primary N) is 1. The zero-order valence-electron chi connectivity index (χ0n) is 10.4. The molecule has 2 rings (SSSR count). The maximum atomic E-state index is 12.0. The van der Waals surface area contributed by atoms with Crippen molar-refractivity contribution in [3.05, 3.63) is 24.3 Å². The largest absolute Gasteiger partial charge is 0.399 e. The number of hydrogen-bond donors (Lipinski definition) is 2. The first-order valence-electron chi connectivity index (χ1n) is 5.99. The van der Waals surface area contributed by atoms with Crippen LogP contribution in [0.4, 0.5) is 11.4 Å². The SMILES string of the molecule is CCCC1(C)CN(c2ccc(N)cc2)NC1=O. The van der Waals surface area contributed by atoms with Gasteiger partial charge in [0.15, 0.2) is 0 Å². The maximum Gasteiger partial charge on any atom is 0.246 e. The van der Waals surface area contributed by atoms with Gasteiger partial charge in [-0.15, -0.1) is 0 Å². The van der Waals surface area contributed by atoms with E-state index in [1.165, 1.54) is 0 Å². The lowest BCUT2D eigenvalue weighted by molar-refractivity contribution is -0.126. The number of carbonyl (C=O) groups is 1. The van der Waals surface area contributed by atoms with Gasteiger partial charge in [-0.3, -0.25) is 15.2 Å². The molecule has 1 atom stereocenters. The number of amides is 1. The third kappa shape index (κ3) is 2.20. The molecule has 1 fully saturated rings. The van der Waals surface area contributed by atoms with Crippen LogP contribution in [0.15, 0.2) is 24.3 Å². The molecule has 1 heterocycles. The summed E-state index contributed by atoms with van der Waals surface area (Å²) in [5.74, 6) is 0.108. The van der Waals surface area contributed by atoms with Crippen molar-refractivity contribution in [2.45, 2.75) is 26.7 Å². The molecule has 3 N–H and O–H groups in total. The Morgan fingerprint density at radius 2 is 2.06 bits per heavy atom. The monoisotopic (exact) mass is 233 g/mol. The van der Waals surface area contributed by atoms with E-state index < -0.39 is 0 Å². The third-order valence-corrected chi connectivity index (χ3v) is 3.30. The molecule has 1 aliphatic heterocycles. The van der Waals surface area contributed by atoms with E-state index in [1.54, 1.807) is 0 Å². The summed E-state index contributed by atoms with van der Waals surface area (Å²) in [6.07, 6.45) is 1.92. The molecule has 1 aromatic carbocycles.